The Morgan fingerprint density at radius 2 is 1.04 bits per heavy atom. The summed E-state index contributed by atoms with van der Waals surface area (Å²) in [6.07, 6.45) is 19.6. The molecule has 3 unspecified atom stereocenters. The minimum absolute atomic E-state index is 0.00453. The summed E-state index contributed by atoms with van der Waals surface area (Å²) in [5.74, 6) is -0.609. The maximum absolute atomic E-state index is 12.8. The molecule has 0 spiro atoms. The number of nitrogens with one attached hydrogen (secondary N) is 1. The van der Waals surface area contributed by atoms with E-state index < -0.39 is 5.97 Å². The van der Waals surface area contributed by atoms with Gasteiger partial charge < -0.3 is 24.8 Å². The van der Waals surface area contributed by atoms with Gasteiger partial charge in [0.1, 0.15) is 0 Å². The number of aliphatic carboxylic acids is 1. The Labute approximate surface area is 284 Å². The molecule has 0 bridgehead atoms. The monoisotopic (exact) mass is 708 g/mol. The molecule has 0 aliphatic rings. The third kappa shape index (κ3) is 32.9. The van der Waals surface area contributed by atoms with Crippen molar-refractivity contribution in [3.8, 4) is 0 Å². The van der Waals surface area contributed by atoms with Crippen LogP contribution in [-0.2, 0) is 33.4 Å². The van der Waals surface area contributed by atoms with Gasteiger partial charge in [0.2, 0.25) is 11.8 Å². The number of carbonyl (C=O) groups is 5. The van der Waals surface area contributed by atoms with Crippen LogP contribution in [0.4, 0.5) is 0 Å². The van der Waals surface area contributed by atoms with E-state index in [9.17, 15) is 24.0 Å². The minimum atomic E-state index is -0.691. The largest absolute Gasteiger partial charge is 0.481 e. The summed E-state index contributed by atoms with van der Waals surface area (Å²) < 4.78 is 11.0. The first kappa shape index (κ1) is 45.0. The molecule has 0 aromatic carbocycles. The van der Waals surface area contributed by atoms with E-state index in [4.69, 9.17) is 14.6 Å². The molecule has 2 N–H and O–H groups in total. The molecule has 10 nitrogen and oxygen atoms in total. The summed E-state index contributed by atoms with van der Waals surface area (Å²) in [7, 11) is 4.74. The van der Waals surface area contributed by atoms with Crippen LogP contribution in [0.3, 0.4) is 0 Å². The fraction of sp³-hybridized carbons (Fsp3) is 0.848. The Kier molecular flexibility index (Phi) is 33.1. The van der Waals surface area contributed by atoms with E-state index >= 15 is 0 Å². The van der Waals surface area contributed by atoms with Gasteiger partial charge in [0, 0.05) is 51.7 Å². The molecule has 0 aliphatic carbocycles. The van der Waals surface area contributed by atoms with Gasteiger partial charge in [-0.2, -0.15) is 0 Å². The van der Waals surface area contributed by atoms with E-state index in [0.29, 0.717) is 84.6 Å². The lowest BCUT2D eigenvalue weighted by Gasteiger charge is -2.23. The fourth-order valence-electron chi connectivity index (χ4n) is 4.88. The second-order valence-corrected chi connectivity index (χ2v) is 14.1. The number of carboxylic acid groups (broad SMARTS) is 1. The molecule has 0 aromatic heterocycles. The average Bonchev–Trinajstić information content (AvgIpc) is 3.02. The highest BCUT2D eigenvalue weighted by Gasteiger charge is 2.13. The van der Waals surface area contributed by atoms with E-state index in [1.165, 1.54) is 57.8 Å². The van der Waals surface area contributed by atoms with Crippen LogP contribution in [0.1, 0.15) is 135 Å². The van der Waals surface area contributed by atoms with Gasteiger partial charge in [0.05, 0.1) is 26.4 Å². The van der Waals surface area contributed by atoms with Gasteiger partial charge in [-0.25, -0.2) is 0 Å². The first-order valence-corrected chi connectivity index (χ1v) is 20.8. The first-order valence-electron chi connectivity index (χ1n) is 17.5. The zero-order valence-electron chi connectivity index (χ0n) is 28.2. The second-order valence-electron chi connectivity index (χ2n) is 11.8. The highest BCUT2D eigenvalue weighted by molar-refractivity contribution is 8.11. The highest BCUT2D eigenvalue weighted by Crippen LogP contribution is 2.22. The number of hydrogen-bond donors (Lipinski definition) is 2. The number of rotatable bonds is 35. The molecule has 0 rings (SSSR count). The average molecular weight is 709 g/mol. The Morgan fingerprint density at radius 3 is 1.52 bits per heavy atom. The van der Waals surface area contributed by atoms with Crippen LogP contribution in [-0.4, -0.2) is 84.9 Å². The maximum atomic E-state index is 12.8. The molecule has 268 valence electrons. The predicted molar refractivity (Wildman–Crippen MR) is 194 cm³/mol. The van der Waals surface area contributed by atoms with E-state index in [1.807, 2.05) is 0 Å². The Bertz CT molecular complexity index is 820. The second kappa shape index (κ2) is 33.8. The smallest absolute Gasteiger partial charge is 0.303 e. The third-order valence-electron chi connectivity index (χ3n) is 7.68. The van der Waals surface area contributed by atoms with Gasteiger partial charge in [0.25, 0.3) is 0 Å². The van der Waals surface area contributed by atoms with Crippen LogP contribution in [0, 0.1) is 0 Å². The summed E-state index contributed by atoms with van der Waals surface area (Å²) >= 11 is 0. The van der Waals surface area contributed by atoms with Crippen molar-refractivity contribution >= 4 is 55.3 Å². The lowest BCUT2D eigenvalue weighted by Crippen LogP contribution is -2.37. The molecule has 46 heavy (non-hydrogen) atoms. The molecule has 0 fully saturated rings. The van der Waals surface area contributed by atoms with Crippen LogP contribution >= 0.6 is 26.4 Å². The number of nitrogens with zero attached hydrogens (tertiary/aromatic N) is 1. The lowest BCUT2D eigenvalue weighted by atomic mass is 10.0. The van der Waals surface area contributed by atoms with Gasteiger partial charge in [-0.15, -0.1) is 8.93 Å². The Balaban J connectivity index is 3.82. The van der Waals surface area contributed by atoms with Crippen molar-refractivity contribution in [1.29, 1.82) is 0 Å². The van der Waals surface area contributed by atoms with Crippen molar-refractivity contribution in [2.45, 2.75) is 135 Å². The van der Waals surface area contributed by atoms with Crippen LogP contribution < -0.4 is 5.32 Å². The van der Waals surface area contributed by atoms with Crippen molar-refractivity contribution < 1.29 is 38.6 Å². The van der Waals surface area contributed by atoms with Gasteiger partial charge in [-0.05, 0) is 34.0 Å². The first-order chi connectivity index (χ1) is 22.3. The number of hydrogen-bond acceptors (Lipinski definition) is 7. The van der Waals surface area contributed by atoms with Crippen LogP contribution in [0.5, 0.6) is 0 Å². The molecular weight excluding hydrogens is 645 g/mol. The summed E-state index contributed by atoms with van der Waals surface area (Å²) in [4.78, 5) is 59.7. The zero-order chi connectivity index (χ0) is 34.1. The quantitative estimate of drug-likeness (QED) is 0.0552. The molecule has 0 saturated heterocycles. The van der Waals surface area contributed by atoms with Crippen LogP contribution in [0.2, 0.25) is 0 Å². The van der Waals surface area contributed by atoms with Crippen molar-refractivity contribution in [3.63, 3.8) is 0 Å². The highest BCUT2D eigenvalue weighted by atomic mass is 32.0. The molecule has 2 amide bonds. The molecule has 0 aliphatic heterocycles. The summed E-state index contributed by atoms with van der Waals surface area (Å²) in [6.45, 7) is 2.75. The van der Waals surface area contributed by atoms with Crippen molar-refractivity contribution in [2.24, 2.45) is 0 Å². The van der Waals surface area contributed by atoms with Gasteiger partial charge >= 0.3 is 5.97 Å². The fourth-order valence-corrected chi connectivity index (χ4v) is 5.68. The van der Waals surface area contributed by atoms with Crippen LogP contribution in [0.25, 0.3) is 0 Å². The maximum Gasteiger partial charge on any atom is 0.303 e. The third-order valence-corrected chi connectivity index (χ3v) is 9.50. The summed E-state index contributed by atoms with van der Waals surface area (Å²) in [6, 6.07) is 0. The van der Waals surface area contributed by atoms with Gasteiger partial charge in [-0.3, -0.25) is 24.0 Å². The molecule has 0 heterocycles. The molecular formula is C33H63N2O8P3. The number of carbonyl (C=O) groups excluding carboxylic acids is 4. The predicted octanol–water partition coefficient (Wildman–Crippen LogP) is 6.64. The Hall–Kier alpha value is -1.04. The number of amides is 2. The molecule has 3 atom stereocenters. The minimum Gasteiger partial charge on any atom is -0.481 e. The molecule has 13 heteroatoms. The molecule has 0 saturated carbocycles. The van der Waals surface area contributed by atoms with Crippen molar-refractivity contribution in [1.82, 2.24) is 10.2 Å². The van der Waals surface area contributed by atoms with Crippen LogP contribution in [0.15, 0.2) is 0 Å². The number of carboxylic acids is 1. The Morgan fingerprint density at radius 1 is 0.587 bits per heavy atom. The van der Waals surface area contributed by atoms with Crippen molar-refractivity contribution in [3.05, 3.63) is 0 Å². The lowest BCUT2D eigenvalue weighted by molar-refractivity contribution is -0.137. The van der Waals surface area contributed by atoms with Gasteiger partial charge in [0.15, 0.2) is 11.0 Å². The normalized spacial score (nSPS) is 11.3. The topological polar surface area (TPSA) is 139 Å². The zero-order valence-corrected chi connectivity index (χ0v) is 31.5. The number of ether oxygens (including phenoxy) is 2. The van der Waals surface area contributed by atoms with Crippen molar-refractivity contribution in [2.75, 3.05) is 46.1 Å². The SMILES string of the molecule is O=C(O)CCCCCCCCCCCCCCCCC(=O)NCCCCC(=O)N(CCOCCC(=O)P)CCOCCC(=O)PP. The molecule has 0 radical (unpaired) electrons. The van der Waals surface area contributed by atoms with E-state index in [1.54, 1.807) is 4.90 Å². The van der Waals surface area contributed by atoms with E-state index in [2.05, 4.69) is 23.5 Å². The summed E-state index contributed by atoms with van der Waals surface area (Å²) in [5.41, 5.74) is 0.131. The number of unbranched alkanes of at least 4 members (excludes halogenated alkanes) is 14. The summed E-state index contributed by atoms with van der Waals surface area (Å²) in [5, 5.41) is 11.6. The van der Waals surface area contributed by atoms with E-state index in [0.717, 1.165) is 38.5 Å². The standard InChI is InChI=1S/C33H63N2O8P3/c36-29(17-13-11-9-7-5-3-1-2-4-6-8-10-12-14-19-31(38)39)34-22-16-15-18-30(37)35(23-27-42-25-20-32(40)44)24-28-43-26-21-33(41)46-45/h46H,1-28,44-45H2,(H,34,36)(H,38,39). The van der Waals surface area contributed by atoms with Gasteiger partial charge in [-0.1, -0.05) is 86.3 Å². The molecule has 0 aromatic rings. The van der Waals surface area contributed by atoms with E-state index in [-0.39, 0.29) is 31.1 Å².